The Morgan fingerprint density at radius 2 is 1.94 bits per heavy atom. The number of aromatic amines is 1. The minimum atomic E-state index is 0.558. The van der Waals surface area contributed by atoms with Crippen molar-refractivity contribution < 1.29 is 0 Å². The number of aromatic nitrogens is 1. The van der Waals surface area contributed by atoms with E-state index in [9.17, 15) is 0 Å². The van der Waals surface area contributed by atoms with Crippen LogP contribution in [0.5, 0.6) is 0 Å². The Morgan fingerprint density at radius 3 is 2.65 bits per heavy atom. The van der Waals surface area contributed by atoms with Crippen molar-refractivity contribution in [2.75, 3.05) is 20.6 Å². The van der Waals surface area contributed by atoms with E-state index in [1.54, 1.807) is 6.20 Å². The third-order valence-corrected chi connectivity index (χ3v) is 6.60. The van der Waals surface area contributed by atoms with Gasteiger partial charge in [0.1, 0.15) is 11.5 Å². The molecule has 0 saturated heterocycles. The number of nitrogens with two attached hydrogens (primary N) is 2. The number of amidine groups is 1. The molecule has 0 bridgehead atoms. The molecular weight excluding hydrogens is 384 g/mol. The molecule has 0 radical (unpaired) electrons. The van der Waals surface area contributed by atoms with E-state index in [1.165, 1.54) is 68.5 Å². The van der Waals surface area contributed by atoms with Gasteiger partial charge < -0.3 is 26.7 Å². The van der Waals surface area contributed by atoms with E-state index in [0.717, 1.165) is 29.6 Å². The van der Waals surface area contributed by atoms with Crippen molar-refractivity contribution in [2.24, 2.45) is 22.4 Å². The average Bonchev–Trinajstić information content (AvgIpc) is 3.55. The molecule has 6 nitrogen and oxygen atoms in total. The van der Waals surface area contributed by atoms with Crippen molar-refractivity contribution >= 4 is 22.4 Å². The Balaban J connectivity index is 0.00000112. The monoisotopic (exact) mass is 420 g/mol. The summed E-state index contributed by atoms with van der Waals surface area (Å²) in [7, 11) is 3.54. The largest absolute Gasteiger partial charge is 0.382 e. The molecule has 0 amide bonds. The van der Waals surface area contributed by atoms with Gasteiger partial charge in [-0.2, -0.15) is 0 Å². The minimum absolute atomic E-state index is 0.558. The summed E-state index contributed by atoms with van der Waals surface area (Å²) in [5.41, 5.74) is 16.7. The molecule has 6 N–H and O–H groups in total. The molecule has 1 aromatic carbocycles. The maximum Gasteiger partial charge on any atom is 0.149 e. The van der Waals surface area contributed by atoms with E-state index >= 15 is 0 Å². The molecule has 6 heteroatoms. The minimum Gasteiger partial charge on any atom is -0.382 e. The number of fused-ring (bicyclic) bond motifs is 1. The first-order valence-corrected chi connectivity index (χ1v) is 11.6. The topological polar surface area (TPSA) is 95.5 Å². The smallest absolute Gasteiger partial charge is 0.149 e. The molecule has 0 spiro atoms. The third-order valence-electron chi connectivity index (χ3n) is 6.60. The van der Waals surface area contributed by atoms with E-state index in [2.05, 4.69) is 50.2 Å². The van der Waals surface area contributed by atoms with Crippen molar-refractivity contribution in [1.29, 1.82) is 0 Å². The molecule has 2 aliphatic carbocycles. The fraction of sp³-hybridized carbons (Fsp3) is 0.480. The molecule has 5 rings (SSSR count). The standard InChI is InChI=1S/C24H31N5.CH5N/c1-29-13-12-26-24(25)23(29)22(27-15-16-6-3-2-4-7-16)20-14-18-8-5-9-19(17-10-11-17)21(18)28-20;1-2/h5,8-9,12-14,16-17,27-28H,2-4,6-7,10-11,15H2,1H3,(H2,25,26);2H2,1H3/b23-22-;. The average molecular weight is 421 g/mol. The molecule has 2 heterocycles. The van der Waals surface area contributed by atoms with Gasteiger partial charge in [-0.1, -0.05) is 37.5 Å². The van der Waals surface area contributed by atoms with Crippen LogP contribution >= 0.6 is 0 Å². The quantitative estimate of drug-likeness (QED) is 0.582. The highest BCUT2D eigenvalue weighted by Crippen LogP contribution is 2.43. The second-order valence-corrected chi connectivity index (χ2v) is 8.80. The molecule has 0 unspecified atom stereocenters. The number of nitrogens with zero attached hydrogens (tertiary/aromatic N) is 2. The first-order chi connectivity index (χ1) is 15.2. The number of H-pyrrole nitrogens is 1. The van der Waals surface area contributed by atoms with Gasteiger partial charge in [0, 0.05) is 36.9 Å². The van der Waals surface area contributed by atoms with Gasteiger partial charge in [-0.05, 0) is 56.2 Å². The third kappa shape index (κ3) is 4.64. The number of nitrogens with one attached hydrogen (secondary N) is 2. The maximum absolute atomic E-state index is 6.34. The van der Waals surface area contributed by atoms with Crippen LogP contribution in [0.4, 0.5) is 0 Å². The van der Waals surface area contributed by atoms with E-state index in [-0.39, 0.29) is 0 Å². The Kier molecular flexibility index (Phi) is 6.66. The predicted molar refractivity (Wildman–Crippen MR) is 130 cm³/mol. The second-order valence-electron chi connectivity index (χ2n) is 8.80. The van der Waals surface area contributed by atoms with Gasteiger partial charge >= 0.3 is 0 Å². The van der Waals surface area contributed by atoms with Crippen LogP contribution < -0.4 is 16.8 Å². The van der Waals surface area contributed by atoms with Crippen molar-refractivity contribution in [1.82, 2.24) is 15.2 Å². The normalized spacial score (nSPS) is 20.9. The highest BCUT2D eigenvalue weighted by Gasteiger charge is 2.27. The van der Waals surface area contributed by atoms with Gasteiger partial charge in [0.05, 0.1) is 11.4 Å². The van der Waals surface area contributed by atoms with E-state index in [1.807, 2.05) is 13.2 Å². The van der Waals surface area contributed by atoms with Crippen LogP contribution in [-0.4, -0.2) is 36.4 Å². The molecule has 2 fully saturated rings. The van der Waals surface area contributed by atoms with Gasteiger partial charge in [-0.15, -0.1) is 0 Å². The molecule has 3 aliphatic rings. The van der Waals surface area contributed by atoms with Crippen LogP contribution in [0, 0.1) is 5.92 Å². The Morgan fingerprint density at radius 1 is 1.16 bits per heavy atom. The van der Waals surface area contributed by atoms with Crippen LogP contribution in [0.25, 0.3) is 16.6 Å². The van der Waals surface area contributed by atoms with Crippen LogP contribution in [0.15, 0.2) is 47.4 Å². The molecule has 2 saturated carbocycles. The summed E-state index contributed by atoms with van der Waals surface area (Å²) in [5, 5.41) is 5.04. The predicted octanol–water partition coefficient (Wildman–Crippen LogP) is 4.23. The summed E-state index contributed by atoms with van der Waals surface area (Å²) >= 11 is 0. The summed E-state index contributed by atoms with van der Waals surface area (Å²) in [6.07, 6.45) is 13.0. The first kappa shape index (κ1) is 21.5. The lowest BCUT2D eigenvalue weighted by molar-refractivity contribution is 0.354. The van der Waals surface area contributed by atoms with Gasteiger partial charge in [0.15, 0.2) is 0 Å². The summed E-state index contributed by atoms with van der Waals surface area (Å²) in [4.78, 5) is 10.2. The number of rotatable bonds is 5. The Bertz CT molecular complexity index is 989. The lowest BCUT2D eigenvalue weighted by Gasteiger charge is -2.27. The van der Waals surface area contributed by atoms with Crippen molar-refractivity contribution in [3.63, 3.8) is 0 Å². The highest BCUT2D eigenvalue weighted by atomic mass is 15.2. The zero-order valence-corrected chi connectivity index (χ0v) is 18.8. The van der Waals surface area contributed by atoms with Crippen molar-refractivity contribution in [3.8, 4) is 0 Å². The highest BCUT2D eigenvalue weighted by molar-refractivity contribution is 6.04. The van der Waals surface area contributed by atoms with Crippen LogP contribution in [0.3, 0.4) is 0 Å². The van der Waals surface area contributed by atoms with Gasteiger partial charge in [-0.3, -0.25) is 0 Å². The number of benzene rings is 1. The lowest BCUT2D eigenvalue weighted by Crippen LogP contribution is -2.33. The van der Waals surface area contributed by atoms with Crippen LogP contribution in [0.2, 0.25) is 0 Å². The van der Waals surface area contributed by atoms with Crippen molar-refractivity contribution in [2.45, 2.75) is 50.9 Å². The first-order valence-electron chi connectivity index (χ1n) is 11.6. The summed E-state index contributed by atoms with van der Waals surface area (Å²) in [6, 6.07) is 8.92. The van der Waals surface area contributed by atoms with Gasteiger partial charge in [-0.25, -0.2) is 4.99 Å². The van der Waals surface area contributed by atoms with E-state index in [0.29, 0.717) is 11.8 Å². The molecule has 166 valence electrons. The summed E-state index contributed by atoms with van der Waals surface area (Å²) < 4.78 is 0. The number of hydrogen-bond acceptors (Lipinski definition) is 5. The van der Waals surface area contributed by atoms with E-state index in [4.69, 9.17) is 5.73 Å². The van der Waals surface area contributed by atoms with Gasteiger partial charge in [0.25, 0.3) is 0 Å². The zero-order valence-electron chi connectivity index (χ0n) is 18.8. The second kappa shape index (κ2) is 9.60. The molecule has 1 aromatic heterocycles. The lowest BCUT2D eigenvalue weighted by atomic mass is 9.89. The fourth-order valence-electron chi connectivity index (χ4n) is 4.83. The molecule has 2 aromatic rings. The fourth-order valence-corrected chi connectivity index (χ4v) is 4.83. The molecule has 31 heavy (non-hydrogen) atoms. The van der Waals surface area contributed by atoms with Crippen LogP contribution in [-0.2, 0) is 0 Å². The van der Waals surface area contributed by atoms with E-state index < -0.39 is 0 Å². The number of likely N-dealkylation sites (N-methyl/N-ethyl adjacent to an activating group) is 1. The Labute approximate surface area is 185 Å². The number of aliphatic imine (C=N–C) groups is 1. The molecular formula is C25H36N6. The molecule has 0 atom stereocenters. The Hall–Kier alpha value is -2.73. The summed E-state index contributed by atoms with van der Waals surface area (Å²) in [5.74, 6) is 2.00. The maximum atomic E-state index is 6.34. The number of hydrogen-bond donors (Lipinski definition) is 4. The van der Waals surface area contributed by atoms with Crippen LogP contribution in [0.1, 0.15) is 62.1 Å². The SMILES string of the molecule is CN.CN1C=CN=C(N)/C1=C(/NCC1CCCCC1)c1cc2cccc(C3CC3)c2[nH]1. The molecule has 1 aliphatic heterocycles. The summed E-state index contributed by atoms with van der Waals surface area (Å²) in [6.45, 7) is 0.981. The van der Waals surface area contributed by atoms with Crippen molar-refractivity contribution in [3.05, 3.63) is 53.6 Å². The number of para-hydroxylation sites is 1. The van der Waals surface area contributed by atoms with Gasteiger partial charge in [0.2, 0.25) is 0 Å². The zero-order chi connectivity index (χ0) is 21.8.